The summed E-state index contributed by atoms with van der Waals surface area (Å²) in [6, 6.07) is 15.3. The van der Waals surface area contributed by atoms with Gasteiger partial charge in [-0.1, -0.05) is 23.7 Å². The number of ether oxygens (including phenoxy) is 1. The number of halogens is 2. The molecule has 1 amide bonds. The fourth-order valence-corrected chi connectivity index (χ4v) is 6.22. The predicted molar refractivity (Wildman–Crippen MR) is 145 cm³/mol. The maximum atomic E-state index is 13.3. The molecule has 0 N–H and O–H groups in total. The molecule has 3 saturated heterocycles. The number of likely N-dealkylation sites (tertiary alicyclic amines) is 1. The molecule has 37 heavy (non-hydrogen) atoms. The number of morpholine rings is 1. The maximum Gasteiger partial charge on any atom is 0.222 e. The van der Waals surface area contributed by atoms with E-state index in [1.807, 2.05) is 29.2 Å². The minimum absolute atomic E-state index is 0.220. The second-order valence-electron chi connectivity index (χ2n) is 10.5. The highest BCUT2D eigenvalue weighted by Gasteiger charge is 2.34. The lowest BCUT2D eigenvalue weighted by Crippen LogP contribution is -2.54. The SMILES string of the molecule is O=C(CC[C@H]1CN(Cc2ccc(Cl)cc2)CC[C@H]1N1CCOCC1)N1CCN(c2ccc(F)cc2)CC1. The van der Waals surface area contributed by atoms with Crippen molar-refractivity contribution in [2.45, 2.75) is 31.8 Å². The van der Waals surface area contributed by atoms with Gasteiger partial charge in [-0.15, -0.1) is 0 Å². The Bertz CT molecular complexity index is 1010. The van der Waals surface area contributed by atoms with Crippen LogP contribution in [0, 0.1) is 11.7 Å². The van der Waals surface area contributed by atoms with Gasteiger partial charge in [0.15, 0.2) is 0 Å². The van der Waals surface area contributed by atoms with Crippen LogP contribution in [0.4, 0.5) is 10.1 Å². The summed E-state index contributed by atoms with van der Waals surface area (Å²) in [5.41, 5.74) is 2.30. The smallest absolute Gasteiger partial charge is 0.222 e. The maximum absolute atomic E-state index is 13.3. The second kappa shape index (κ2) is 12.6. The summed E-state index contributed by atoms with van der Waals surface area (Å²) in [5.74, 6) is 0.500. The molecule has 8 heteroatoms. The number of nitrogens with zero attached hydrogens (tertiary/aromatic N) is 4. The van der Waals surface area contributed by atoms with Crippen LogP contribution in [0.25, 0.3) is 0 Å². The van der Waals surface area contributed by atoms with Crippen LogP contribution < -0.4 is 4.90 Å². The fourth-order valence-electron chi connectivity index (χ4n) is 6.09. The molecule has 0 unspecified atom stereocenters. The molecule has 2 aromatic carbocycles. The van der Waals surface area contributed by atoms with Crippen LogP contribution in [0.2, 0.25) is 5.02 Å². The van der Waals surface area contributed by atoms with Gasteiger partial charge < -0.3 is 14.5 Å². The monoisotopic (exact) mass is 528 g/mol. The predicted octanol–water partition coefficient (Wildman–Crippen LogP) is 4.13. The van der Waals surface area contributed by atoms with Gasteiger partial charge in [0.25, 0.3) is 0 Å². The summed E-state index contributed by atoms with van der Waals surface area (Å²) in [6.45, 7) is 9.57. The number of rotatable bonds is 7. The lowest BCUT2D eigenvalue weighted by atomic mass is 9.86. The number of benzene rings is 2. The van der Waals surface area contributed by atoms with Crippen LogP contribution in [-0.4, -0.2) is 92.2 Å². The fraction of sp³-hybridized carbons (Fsp3) is 0.552. The normalized spacial score (nSPS) is 23.8. The number of anilines is 1. The third-order valence-electron chi connectivity index (χ3n) is 8.17. The first-order chi connectivity index (χ1) is 18.0. The number of hydrogen-bond donors (Lipinski definition) is 0. The van der Waals surface area contributed by atoms with Gasteiger partial charge in [0.1, 0.15) is 5.82 Å². The van der Waals surface area contributed by atoms with Crippen molar-refractivity contribution in [2.24, 2.45) is 5.92 Å². The van der Waals surface area contributed by atoms with E-state index in [9.17, 15) is 9.18 Å². The van der Waals surface area contributed by atoms with E-state index < -0.39 is 0 Å². The molecule has 5 rings (SSSR count). The van der Waals surface area contributed by atoms with Crippen molar-refractivity contribution in [3.63, 3.8) is 0 Å². The minimum atomic E-state index is -0.220. The standard InChI is InChI=1S/C29H38ClFN4O2/c30-25-4-1-23(2-5-25)21-32-12-11-28(34-17-19-37-20-18-34)24(22-32)3-10-29(36)35-15-13-33(14-16-35)27-8-6-26(31)7-9-27/h1-2,4-9,24,28H,3,10-22H2/t24-,28+/m0/s1. The van der Waals surface area contributed by atoms with E-state index in [1.54, 1.807) is 0 Å². The van der Waals surface area contributed by atoms with Gasteiger partial charge in [-0.2, -0.15) is 0 Å². The topological polar surface area (TPSA) is 39.3 Å². The molecule has 3 fully saturated rings. The molecule has 200 valence electrons. The zero-order chi connectivity index (χ0) is 25.6. The summed E-state index contributed by atoms with van der Waals surface area (Å²) < 4.78 is 18.9. The Morgan fingerprint density at radius 1 is 0.919 bits per heavy atom. The van der Waals surface area contributed by atoms with E-state index in [1.165, 1.54) is 17.7 Å². The Balaban J connectivity index is 1.16. The molecular weight excluding hydrogens is 491 g/mol. The lowest BCUT2D eigenvalue weighted by Gasteiger charge is -2.45. The minimum Gasteiger partial charge on any atom is -0.379 e. The zero-order valence-electron chi connectivity index (χ0n) is 21.5. The summed E-state index contributed by atoms with van der Waals surface area (Å²) >= 11 is 6.08. The molecule has 3 heterocycles. The first-order valence-electron chi connectivity index (χ1n) is 13.6. The Morgan fingerprint density at radius 2 is 1.62 bits per heavy atom. The Morgan fingerprint density at radius 3 is 2.32 bits per heavy atom. The van der Waals surface area contributed by atoms with Crippen LogP contribution in [-0.2, 0) is 16.1 Å². The first-order valence-corrected chi connectivity index (χ1v) is 14.0. The Kier molecular flexibility index (Phi) is 8.98. The van der Waals surface area contributed by atoms with Crippen LogP contribution in [0.15, 0.2) is 48.5 Å². The molecular formula is C29H38ClFN4O2. The van der Waals surface area contributed by atoms with Gasteiger partial charge >= 0.3 is 0 Å². The summed E-state index contributed by atoms with van der Waals surface area (Å²) in [5, 5.41) is 0.768. The van der Waals surface area contributed by atoms with Crippen LogP contribution in [0.1, 0.15) is 24.8 Å². The average molecular weight is 529 g/mol. The molecule has 0 radical (unpaired) electrons. The number of carbonyl (C=O) groups excluding carboxylic acids is 1. The molecule has 3 aliphatic heterocycles. The average Bonchev–Trinajstić information content (AvgIpc) is 2.94. The molecule has 0 saturated carbocycles. The third-order valence-corrected chi connectivity index (χ3v) is 8.42. The largest absolute Gasteiger partial charge is 0.379 e. The molecule has 0 bridgehead atoms. The molecule has 6 nitrogen and oxygen atoms in total. The van der Waals surface area contributed by atoms with E-state index in [2.05, 4.69) is 26.8 Å². The molecule has 2 aromatic rings. The van der Waals surface area contributed by atoms with Gasteiger partial charge in [0, 0.05) is 75.5 Å². The van der Waals surface area contributed by atoms with Gasteiger partial charge in [-0.3, -0.25) is 14.6 Å². The Hall–Kier alpha value is -2.19. The quantitative estimate of drug-likeness (QED) is 0.540. The molecule has 2 atom stereocenters. The zero-order valence-corrected chi connectivity index (χ0v) is 22.3. The van der Waals surface area contributed by atoms with Crippen molar-refractivity contribution in [3.8, 4) is 0 Å². The van der Waals surface area contributed by atoms with Crippen molar-refractivity contribution >= 4 is 23.2 Å². The van der Waals surface area contributed by atoms with Gasteiger partial charge in [-0.25, -0.2) is 4.39 Å². The van der Waals surface area contributed by atoms with E-state index in [0.717, 1.165) is 95.7 Å². The number of piperazine rings is 1. The summed E-state index contributed by atoms with van der Waals surface area (Å²) in [4.78, 5) is 22.6. The van der Waals surface area contributed by atoms with Crippen LogP contribution in [0.3, 0.4) is 0 Å². The summed E-state index contributed by atoms with van der Waals surface area (Å²) in [6.07, 6.45) is 2.63. The molecule has 0 spiro atoms. The number of piperidine rings is 1. The van der Waals surface area contributed by atoms with Gasteiger partial charge in [-0.05, 0) is 67.3 Å². The number of amides is 1. The van der Waals surface area contributed by atoms with Crippen molar-refractivity contribution < 1.29 is 13.9 Å². The van der Waals surface area contributed by atoms with E-state index in [-0.39, 0.29) is 11.7 Å². The summed E-state index contributed by atoms with van der Waals surface area (Å²) in [7, 11) is 0. The molecule has 0 aliphatic carbocycles. The molecule has 3 aliphatic rings. The van der Waals surface area contributed by atoms with E-state index >= 15 is 0 Å². The Labute approximate surface area is 224 Å². The van der Waals surface area contributed by atoms with E-state index in [0.29, 0.717) is 18.4 Å². The highest BCUT2D eigenvalue weighted by Crippen LogP contribution is 2.29. The molecule has 0 aromatic heterocycles. The first kappa shape index (κ1) is 26.4. The highest BCUT2D eigenvalue weighted by molar-refractivity contribution is 6.30. The van der Waals surface area contributed by atoms with Crippen molar-refractivity contribution in [1.82, 2.24) is 14.7 Å². The van der Waals surface area contributed by atoms with Crippen LogP contribution in [0.5, 0.6) is 0 Å². The van der Waals surface area contributed by atoms with E-state index in [4.69, 9.17) is 16.3 Å². The van der Waals surface area contributed by atoms with Crippen LogP contribution >= 0.6 is 11.6 Å². The highest BCUT2D eigenvalue weighted by atomic mass is 35.5. The second-order valence-corrected chi connectivity index (χ2v) is 10.9. The van der Waals surface area contributed by atoms with Gasteiger partial charge in [0.2, 0.25) is 5.91 Å². The number of carbonyl (C=O) groups is 1. The van der Waals surface area contributed by atoms with Gasteiger partial charge in [0.05, 0.1) is 13.2 Å². The number of hydrogen-bond acceptors (Lipinski definition) is 5. The lowest BCUT2D eigenvalue weighted by molar-refractivity contribution is -0.132. The van der Waals surface area contributed by atoms with Crippen molar-refractivity contribution in [2.75, 3.05) is 70.5 Å². The van der Waals surface area contributed by atoms with Crippen molar-refractivity contribution in [1.29, 1.82) is 0 Å². The third kappa shape index (κ3) is 7.02. The van der Waals surface area contributed by atoms with Crippen molar-refractivity contribution in [3.05, 3.63) is 64.9 Å².